The highest BCUT2D eigenvalue weighted by molar-refractivity contribution is 9.13. The first-order valence-electron chi connectivity index (χ1n) is 7.16. The Morgan fingerprint density at radius 1 is 1.40 bits per heavy atom. The fourth-order valence-corrected chi connectivity index (χ4v) is 3.39. The number of nitrogens with two attached hydrogens (primary N) is 1. The molecule has 20 heavy (non-hydrogen) atoms. The van der Waals surface area contributed by atoms with E-state index in [2.05, 4.69) is 61.9 Å². The molecule has 0 amide bonds. The van der Waals surface area contributed by atoms with Crippen molar-refractivity contribution >= 4 is 31.9 Å². The molecule has 0 aliphatic carbocycles. The van der Waals surface area contributed by atoms with Crippen LogP contribution >= 0.6 is 31.9 Å². The van der Waals surface area contributed by atoms with Crippen LogP contribution < -0.4 is 5.73 Å². The smallest absolute Gasteiger partial charge is 0.0703 e. The number of rotatable bonds is 6. The van der Waals surface area contributed by atoms with Crippen LogP contribution in [0, 0.1) is 0 Å². The van der Waals surface area contributed by atoms with Gasteiger partial charge in [0.25, 0.3) is 0 Å². The van der Waals surface area contributed by atoms with Crippen LogP contribution in [0.5, 0.6) is 0 Å². The third-order valence-corrected chi connectivity index (χ3v) is 5.74. The lowest BCUT2D eigenvalue weighted by Gasteiger charge is -2.32. The summed E-state index contributed by atoms with van der Waals surface area (Å²) >= 11 is 7.09. The summed E-state index contributed by atoms with van der Waals surface area (Å²) in [6.07, 6.45) is 2.71. The number of nitrogens with zero attached hydrogens (tertiary/aromatic N) is 1. The van der Waals surface area contributed by atoms with Gasteiger partial charge in [0.15, 0.2) is 0 Å². The normalized spacial score (nSPS) is 20.6. The van der Waals surface area contributed by atoms with Crippen LogP contribution in [0.2, 0.25) is 0 Å². The Morgan fingerprint density at radius 2 is 2.20 bits per heavy atom. The highest BCUT2D eigenvalue weighted by atomic mass is 79.9. The molecule has 0 aromatic heterocycles. The zero-order valence-electron chi connectivity index (χ0n) is 11.8. The lowest BCUT2D eigenvalue weighted by Crippen LogP contribution is -2.38. The van der Waals surface area contributed by atoms with E-state index in [9.17, 15) is 0 Å². The van der Waals surface area contributed by atoms with Crippen molar-refractivity contribution in [2.75, 3.05) is 26.2 Å². The maximum absolute atomic E-state index is 6.03. The molecule has 1 aromatic carbocycles. The molecule has 0 radical (unpaired) electrons. The lowest BCUT2D eigenvalue weighted by molar-refractivity contribution is 0.0601. The van der Waals surface area contributed by atoms with Crippen LogP contribution in [0.1, 0.15) is 31.4 Å². The van der Waals surface area contributed by atoms with Crippen molar-refractivity contribution < 1.29 is 4.74 Å². The number of ether oxygens (including phenoxy) is 1. The van der Waals surface area contributed by atoms with E-state index in [1.54, 1.807) is 0 Å². The Bertz CT molecular complexity index is 436. The maximum Gasteiger partial charge on any atom is 0.0703 e. The molecular formula is C15H22Br2N2O. The molecule has 1 heterocycles. The fraction of sp³-hybridized carbons (Fsp3) is 0.600. The van der Waals surface area contributed by atoms with E-state index in [1.165, 1.54) is 12.0 Å². The van der Waals surface area contributed by atoms with Gasteiger partial charge in [-0.25, -0.2) is 0 Å². The topological polar surface area (TPSA) is 38.5 Å². The average Bonchev–Trinajstić information content (AvgIpc) is 2.95. The molecule has 1 saturated heterocycles. The second-order valence-corrected chi connectivity index (χ2v) is 6.86. The molecule has 2 N–H and O–H groups in total. The van der Waals surface area contributed by atoms with Crippen molar-refractivity contribution in [2.45, 2.75) is 31.9 Å². The largest absolute Gasteiger partial charge is 0.377 e. The summed E-state index contributed by atoms with van der Waals surface area (Å²) < 4.78 is 7.90. The third kappa shape index (κ3) is 4.04. The first-order valence-corrected chi connectivity index (χ1v) is 8.75. The summed E-state index contributed by atoms with van der Waals surface area (Å²) in [5, 5.41) is 0. The molecule has 2 unspecified atom stereocenters. The number of hydrogen-bond acceptors (Lipinski definition) is 3. The van der Waals surface area contributed by atoms with Crippen molar-refractivity contribution in [2.24, 2.45) is 5.73 Å². The molecule has 0 bridgehead atoms. The van der Waals surface area contributed by atoms with Gasteiger partial charge in [-0.15, -0.1) is 0 Å². The van der Waals surface area contributed by atoms with Crippen molar-refractivity contribution in [3.8, 4) is 0 Å². The van der Waals surface area contributed by atoms with Gasteiger partial charge in [0.2, 0.25) is 0 Å². The minimum atomic E-state index is 0.244. The van der Waals surface area contributed by atoms with E-state index in [0.29, 0.717) is 12.6 Å². The van der Waals surface area contributed by atoms with Crippen LogP contribution in [0.4, 0.5) is 0 Å². The molecule has 1 aromatic rings. The third-order valence-electron chi connectivity index (χ3n) is 3.86. The van der Waals surface area contributed by atoms with Crippen LogP contribution in [0.25, 0.3) is 0 Å². The van der Waals surface area contributed by atoms with Gasteiger partial charge in [-0.3, -0.25) is 4.90 Å². The Labute approximate surface area is 138 Å². The standard InChI is InChI=1S/C15H22Br2N2O/c1-2-19(10-12-4-3-7-20-12)15(9-18)11-5-6-13(16)14(17)8-11/h5-6,8,12,15H,2-4,7,9-10,18H2,1H3. The summed E-state index contributed by atoms with van der Waals surface area (Å²) in [5.74, 6) is 0. The molecule has 0 spiro atoms. The van der Waals surface area contributed by atoms with Crippen molar-refractivity contribution in [3.63, 3.8) is 0 Å². The van der Waals surface area contributed by atoms with Gasteiger partial charge < -0.3 is 10.5 Å². The van der Waals surface area contributed by atoms with Gasteiger partial charge in [0.1, 0.15) is 0 Å². The van der Waals surface area contributed by atoms with E-state index in [1.807, 2.05) is 0 Å². The zero-order valence-corrected chi connectivity index (χ0v) is 15.0. The summed E-state index contributed by atoms with van der Waals surface area (Å²) in [6, 6.07) is 6.61. The molecule has 1 aliphatic rings. The summed E-state index contributed by atoms with van der Waals surface area (Å²) in [4.78, 5) is 2.42. The monoisotopic (exact) mass is 404 g/mol. The Balaban J connectivity index is 2.12. The first-order chi connectivity index (χ1) is 9.65. The van der Waals surface area contributed by atoms with Gasteiger partial charge in [-0.1, -0.05) is 13.0 Å². The minimum Gasteiger partial charge on any atom is -0.377 e. The second kappa shape index (κ2) is 7.90. The SMILES string of the molecule is CCN(CC1CCCO1)C(CN)c1ccc(Br)c(Br)c1. The van der Waals surface area contributed by atoms with Crippen LogP contribution in [0.15, 0.2) is 27.1 Å². The molecule has 2 rings (SSSR count). The molecule has 5 heteroatoms. The maximum atomic E-state index is 6.03. The predicted molar refractivity (Wildman–Crippen MR) is 89.9 cm³/mol. The number of halogens is 2. The molecule has 112 valence electrons. The lowest BCUT2D eigenvalue weighted by atomic mass is 10.0. The van der Waals surface area contributed by atoms with Crippen molar-refractivity contribution in [1.29, 1.82) is 0 Å². The summed E-state index contributed by atoms with van der Waals surface area (Å²) in [5.41, 5.74) is 7.29. The van der Waals surface area contributed by atoms with Crippen molar-refractivity contribution in [3.05, 3.63) is 32.7 Å². The average molecular weight is 406 g/mol. The van der Waals surface area contributed by atoms with E-state index in [-0.39, 0.29) is 6.04 Å². The van der Waals surface area contributed by atoms with E-state index >= 15 is 0 Å². The van der Waals surface area contributed by atoms with Gasteiger partial charge in [0, 0.05) is 34.7 Å². The minimum absolute atomic E-state index is 0.244. The van der Waals surface area contributed by atoms with Gasteiger partial charge in [0.05, 0.1) is 6.10 Å². The Kier molecular flexibility index (Phi) is 6.49. The van der Waals surface area contributed by atoms with Crippen LogP contribution in [-0.2, 0) is 4.74 Å². The number of likely N-dealkylation sites (N-methyl/N-ethyl adjacent to an activating group) is 1. The van der Waals surface area contributed by atoms with E-state index in [4.69, 9.17) is 10.5 Å². The fourth-order valence-electron chi connectivity index (χ4n) is 2.74. The zero-order chi connectivity index (χ0) is 14.5. The first kappa shape index (κ1) is 16.4. The van der Waals surface area contributed by atoms with Gasteiger partial charge in [-0.05, 0) is 68.9 Å². The van der Waals surface area contributed by atoms with Crippen LogP contribution in [-0.4, -0.2) is 37.2 Å². The predicted octanol–water partition coefficient (Wildman–Crippen LogP) is 3.71. The van der Waals surface area contributed by atoms with Gasteiger partial charge in [-0.2, -0.15) is 0 Å². The summed E-state index contributed by atoms with van der Waals surface area (Å²) in [7, 11) is 0. The molecule has 1 fully saturated rings. The molecule has 0 saturated carbocycles. The van der Waals surface area contributed by atoms with E-state index < -0.39 is 0 Å². The highest BCUT2D eigenvalue weighted by Crippen LogP contribution is 2.29. The quantitative estimate of drug-likeness (QED) is 0.783. The number of benzene rings is 1. The van der Waals surface area contributed by atoms with E-state index in [0.717, 1.165) is 35.1 Å². The Morgan fingerprint density at radius 3 is 2.75 bits per heavy atom. The molecular weight excluding hydrogens is 384 g/mol. The number of hydrogen-bond donors (Lipinski definition) is 1. The highest BCUT2D eigenvalue weighted by Gasteiger charge is 2.24. The molecule has 1 aliphatic heterocycles. The summed E-state index contributed by atoms with van der Waals surface area (Å²) in [6.45, 7) is 5.65. The van der Waals surface area contributed by atoms with Gasteiger partial charge >= 0.3 is 0 Å². The second-order valence-electron chi connectivity index (χ2n) is 5.15. The van der Waals surface area contributed by atoms with Crippen molar-refractivity contribution in [1.82, 2.24) is 4.90 Å². The molecule has 3 nitrogen and oxygen atoms in total. The van der Waals surface area contributed by atoms with Crippen LogP contribution in [0.3, 0.4) is 0 Å². The Hall–Kier alpha value is 0.0600. The molecule has 2 atom stereocenters.